The number of carbonyl (C=O) groups is 1. The van der Waals surface area contributed by atoms with Crippen LogP contribution in [0, 0.1) is 5.92 Å². The summed E-state index contributed by atoms with van der Waals surface area (Å²) in [5.74, 6) is 0.442. The predicted molar refractivity (Wildman–Crippen MR) is 60.7 cm³/mol. The van der Waals surface area contributed by atoms with Crippen LogP contribution in [0.3, 0.4) is 0 Å². The van der Waals surface area contributed by atoms with Gasteiger partial charge in [-0.3, -0.25) is 4.79 Å². The molecule has 0 aliphatic heterocycles. The molecule has 2 rings (SSSR count). The quantitative estimate of drug-likeness (QED) is 0.839. The highest BCUT2D eigenvalue weighted by Crippen LogP contribution is 2.29. The molecule has 1 aliphatic carbocycles. The van der Waals surface area contributed by atoms with Crippen LogP contribution in [-0.2, 0) is 4.79 Å². The molecule has 0 saturated heterocycles. The third-order valence-corrected chi connectivity index (χ3v) is 2.93. The maximum absolute atomic E-state index is 11.5. The SMILES string of the molecule is C[C@@H](NC(=O)C1CC1)c1ccc(Cl)cc1. The van der Waals surface area contributed by atoms with Gasteiger partial charge in [0.05, 0.1) is 6.04 Å². The summed E-state index contributed by atoms with van der Waals surface area (Å²) < 4.78 is 0. The van der Waals surface area contributed by atoms with E-state index in [0.717, 1.165) is 23.4 Å². The van der Waals surface area contributed by atoms with E-state index < -0.39 is 0 Å². The fourth-order valence-corrected chi connectivity index (χ4v) is 1.64. The van der Waals surface area contributed by atoms with Crippen molar-refractivity contribution in [3.63, 3.8) is 0 Å². The third-order valence-electron chi connectivity index (χ3n) is 2.68. The summed E-state index contributed by atoms with van der Waals surface area (Å²) in [5.41, 5.74) is 1.09. The summed E-state index contributed by atoms with van der Waals surface area (Å²) >= 11 is 5.80. The zero-order valence-corrected chi connectivity index (χ0v) is 9.42. The Labute approximate surface area is 94.6 Å². The molecule has 1 aromatic rings. The van der Waals surface area contributed by atoms with Gasteiger partial charge in [0.25, 0.3) is 0 Å². The van der Waals surface area contributed by atoms with Crippen molar-refractivity contribution >= 4 is 17.5 Å². The van der Waals surface area contributed by atoms with Crippen molar-refractivity contribution in [3.05, 3.63) is 34.9 Å². The van der Waals surface area contributed by atoms with E-state index in [2.05, 4.69) is 5.32 Å². The van der Waals surface area contributed by atoms with Gasteiger partial charge >= 0.3 is 0 Å². The van der Waals surface area contributed by atoms with Gasteiger partial charge in [0, 0.05) is 10.9 Å². The van der Waals surface area contributed by atoms with Crippen molar-refractivity contribution in [1.29, 1.82) is 0 Å². The summed E-state index contributed by atoms with van der Waals surface area (Å²) in [4.78, 5) is 11.5. The Kier molecular flexibility index (Phi) is 2.96. The third kappa shape index (κ3) is 2.72. The van der Waals surface area contributed by atoms with Crippen LogP contribution in [0.1, 0.15) is 31.4 Å². The lowest BCUT2D eigenvalue weighted by atomic mass is 10.1. The minimum Gasteiger partial charge on any atom is -0.349 e. The van der Waals surface area contributed by atoms with E-state index in [-0.39, 0.29) is 17.9 Å². The van der Waals surface area contributed by atoms with E-state index in [1.165, 1.54) is 0 Å². The molecule has 3 heteroatoms. The van der Waals surface area contributed by atoms with E-state index in [9.17, 15) is 4.79 Å². The molecule has 0 spiro atoms. The maximum Gasteiger partial charge on any atom is 0.223 e. The number of hydrogen-bond donors (Lipinski definition) is 1. The van der Waals surface area contributed by atoms with Gasteiger partial charge in [0.2, 0.25) is 5.91 Å². The maximum atomic E-state index is 11.5. The molecule has 1 aliphatic rings. The summed E-state index contributed by atoms with van der Waals surface area (Å²) in [6, 6.07) is 7.64. The van der Waals surface area contributed by atoms with Crippen molar-refractivity contribution in [1.82, 2.24) is 5.32 Å². The highest BCUT2D eigenvalue weighted by Gasteiger charge is 2.30. The minimum atomic E-state index is 0.0652. The molecule has 0 radical (unpaired) electrons. The number of rotatable bonds is 3. The molecular formula is C12H14ClNO. The zero-order chi connectivity index (χ0) is 10.8. The number of carbonyl (C=O) groups excluding carboxylic acids is 1. The summed E-state index contributed by atoms with van der Waals surface area (Å²) in [6.45, 7) is 1.99. The number of halogens is 1. The van der Waals surface area contributed by atoms with Crippen molar-refractivity contribution < 1.29 is 4.79 Å². The Bertz CT molecular complexity index is 356. The molecule has 80 valence electrons. The smallest absolute Gasteiger partial charge is 0.223 e. The molecule has 1 fully saturated rings. The highest BCUT2D eigenvalue weighted by molar-refractivity contribution is 6.30. The van der Waals surface area contributed by atoms with Crippen molar-refractivity contribution in [3.8, 4) is 0 Å². The fraction of sp³-hybridized carbons (Fsp3) is 0.417. The molecule has 15 heavy (non-hydrogen) atoms. The van der Waals surface area contributed by atoms with Gasteiger partial charge < -0.3 is 5.32 Å². The van der Waals surface area contributed by atoms with E-state index in [4.69, 9.17) is 11.6 Å². The Balaban J connectivity index is 1.97. The van der Waals surface area contributed by atoms with Crippen molar-refractivity contribution in [2.45, 2.75) is 25.8 Å². The van der Waals surface area contributed by atoms with Gasteiger partial charge in [-0.25, -0.2) is 0 Å². The van der Waals surface area contributed by atoms with E-state index in [1.807, 2.05) is 31.2 Å². The lowest BCUT2D eigenvalue weighted by Crippen LogP contribution is -2.27. The monoisotopic (exact) mass is 223 g/mol. The molecular weight excluding hydrogens is 210 g/mol. The van der Waals surface area contributed by atoms with Crippen LogP contribution in [0.25, 0.3) is 0 Å². The summed E-state index contributed by atoms with van der Waals surface area (Å²) in [5, 5.41) is 3.72. The molecule has 0 bridgehead atoms. The lowest BCUT2D eigenvalue weighted by Gasteiger charge is -2.13. The molecule has 1 atom stereocenters. The average molecular weight is 224 g/mol. The Morgan fingerprint density at radius 2 is 2.00 bits per heavy atom. The van der Waals surface area contributed by atoms with Gasteiger partial charge in [-0.1, -0.05) is 23.7 Å². The second-order valence-electron chi connectivity index (χ2n) is 4.06. The van der Waals surface area contributed by atoms with Gasteiger partial charge in [0.15, 0.2) is 0 Å². The van der Waals surface area contributed by atoms with E-state index in [1.54, 1.807) is 0 Å². The molecule has 2 nitrogen and oxygen atoms in total. The Morgan fingerprint density at radius 1 is 1.40 bits per heavy atom. The minimum absolute atomic E-state index is 0.0652. The predicted octanol–water partition coefficient (Wildman–Crippen LogP) is 2.93. The molecule has 0 heterocycles. The first kappa shape index (κ1) is 10.5. The first-order chi connectivity index (χ1) is 7.16. The van der Waals surface area contributed by atoms with Crippen LogP contribution in [-0.4, -0.2) is 5.91 Å². The average Bonchev–Trinajstić information content (AvgIpc) is 3.01. The summed E-state index contributed by atoms with van der Waals surface area (Å²) in [7, 11) is 0. The second-order valence-corrected chi connectivity index (χ2v) is 4.49. The normalized spacial score (nSPS) is 17.2. The number of hydrogen-bond acceptors (Lipinski definition) is 1. The lowest BCUT2D eigenvalue weighted by molar-refractivity contribution is -0.122. The molecule has 1 aromatic carbocycles. The molecule has 1 saturated carbocycles. The zero-order valence-electron chi connectivity index (χ0n) is 8.66. The number of amides is 1. The topological polar surface area (TPSA) is 29.1 Å². The van der Waals surface area contributed by atoms with Gasteiger partial charge in [0.1, 0.15) is 0 Å². The van der Waals surface area contributed by atoms with Crippen LogP contribution in [0.4, 0.5) is 0 Å². The fourth-order valence-electron chi connectivity index (χ4n) is 1.51. The van der Waals surface area contributed by atoms with Crippen LogP contribution in [0.5, 0.6) is 0 Å². The summed E-state index contributed by atoms with van der Waals surface area (Å²) in [6.07, 6.45) is 2.08. The largest absolute Gasteiger partial charge is 0.349 e. The van der Waals surface area contributed by atoms with Gasteiger partial charge in [-0.15, -0.1) is 0 Å². The van der Waals surface area contributed by atoms with E-state index >= 15 is 0 Å². The first-order valence-corrected chi connectivity index (χ1v) is 5.60. The Hall–Kier alpha value is -1.02. The second kappa shape index (κ2) is 4.23. The van der Waals surface area contributed by atoms with Crippen LogP contribution in [0.15, 0.2) is 24.3 Å². The van der Waals surface area contributed by atoms with Crippen molar-refractivity contribution in [2.75, 3.05) is 0 Å². The van der Waals surface area contributed by atoms with Crippen LogP contribution in [0.2, 0.25) is 5.02 Å². The first-order valence-electron chi connectivity index (χ1n) is 5.22. The highest BCUT2D eigenvalue weighted by atomic mass is 35.5. The van der Waals surface area contributed by atoms with Crippen LogP contribution < -0.4 is 5.32 Å². The Morgan fingerprint density at radius 3 is 2.53 bits per heavy atom. The molecule has 0 unspecified atom stereocenters. The molecule has 1 amide bonds. The van der Waals surface area contributed by atoms with Gasteiger partial charge in [-0.05, 0) is 37.5 Å². The molecule has 1 N–H and O–H groups in total. The van der Waals surface area contributed by atoms with Crippen molar-refractivity contribution in [2.24, 2.45) is 5.92 Å². The number of nitrogens with one attached hydrogen (secondary N) is 1. The van der Waals surface area contributed by atoms with Crippen LogP contribution >= 0.6 is 11.6 Å². The molecule has 0 aromatic heterocycles. The van der Waals surface area contributed by atoms with E-state index in [0.29, 0.717) is 0 Å². The van der Waals surface area contributed by atoms with Gasteiger partial charge in [-0.2, -0.15) is 0 Å². The standard InChI is InChI=1S/C12H14ClNO/c1-8(14-12(15)10-2-3-10)9-4-6-11(13)7-5-9/h4-8,10H,2-3H2,1H3,(H,14,15)/t8-/m1/s1. The number of benzene rings is 1.